The Kier molecular flexibility index (Phi) is 4.02. The largest absolute Gasteiger partial charge is 0.346 e. The highest BCUT2D eigenvalue weighted by atomic mass is 32.1. The molecule has 0 spiro atoms. The Morgan fingerprint density at radius 2 is 1.90 bits per heavy atom. The van der Waals surface area contributed by atoms with Crippen LogP contribution in [-0.4, -0.2) is 15.9 Å². The summed E-state index contributed by atoms with van der Waals surface area (Å²) in [5.41, 5.74) is 2.34. The van der Waals surface area contributed by atoms with Gasteiger partial charge in [-0.05, 0) is 24.3 Å². The van der Waals surface area contributed by atoms with Crippen molar-refractivity contribution in [1.82, 2.24) is 15.3 Å². The fourth-order valence-electron chi connectivity index (χ4n) is 1.86. The lowest BCUT2D eigenvalue weighted by atomic mass is 10.2. The number of nitrogens with one attached hydrogen (secondary N) is 1. The van der Waals surface area contributed by atoms with Crippen LogP contribution in [0.15, 0.2) is 60.1 Å². The zero-order valence-corrected chi connectivity index (χ0v) is 12.0. The molecule has 0 saturated carbocycles. The monoisotopic (exact) mass is 295 g/mol. The first-order valence-electron chi connectivity index (χ1n) is 6.52. The van der Waals surface area contributed by atoms with E-state index in [2.05, 4.69) is 15.3 Å². The number of rotatable bonds is 4. The van der Waals surface area contributed by atoms with Gasteiger partial charge in [0.25, 0.3) is 5.91 Å². The van der Waals surface area contributed by atoms with Gasteiger partial charge in [0, 0.05) is 17.1 Å². The zero-order valence-electron chi connectivity index (χ0n) is 11.2. The van der Waals surface area contributed by atoms with Crippen LogP contribution in [0.4, 0.5) is 0 Å². The Bertz CT molecular complexity index is 726. The van der Waals surface area contributed by atoms with E-state index in [-0.39, 0.29) is 5.91 Å². The van der Waals surface area contributed by atoms with Crippen LogP contribution in [0.25, 0.3) is 10.7 Å². The summed E-state index contributed by atoms with van der Waals surface area (Å²) in [6, 6.07) is 14.9. The van der Waals surface area contributed by atoms with E-state index in [0.717, 1.165) is 16.4 Å². The molecular formula is C16H13N3OS. The molecule has 5 heteroatoms. The number of aromatic nitrogens is 2. The van der Waals surface area contributed by atoms with Crippen LogP contribution in [0.2, 0.25) is 0 Å². The third kappa shape index (κ3) is 3.32. The van der Waals surface area contributed by atoms with Crippen molar-refractivity contribution in [2.24, 2.45) is 0 Å². The van der Waals surface area contributed by atoms with E-state index in [0.29, 0.717) is 12.1 Å². The minimum absolute atomic E-state index is 0.0945. The predicted octanol–water partition coefficient (Wildman–Crippen LogP) is 3.14. The molecule has 2 heterocycles. The van der Waals surface area contributed by atoms with Gasteiger partial charge < -0.3 is 5.32 Å². The van der Waals surface area contributed by atoms with Crippen LogP contribution >= 0.6 is 11.3 Å². The highest BCUT2D eigenvalue weighted by molar-refractivity contribution is 7.13. The standard InChI is InChI=1S/C16H13N3OS/c20-15(12-6-2-1-3-7-12)18-10-13-11-21-16(19-13)14-8-4-5-9-17-14/h1-9,11H,10H2,(H,18,20). The van der Waals surface area contributed by atoms with Gasteiger partial charge in [-0.1, -0.05) is 24.3 Å². The maximum atomic E-state index is 11.9. The molecule has 21 heavy (non-hydrogen) atoms. The third-order valence-corrected chi connectivity index (χ3v) is 3.82. The maximum Gasteiger partial charge on any atom is 0.251 e. The second kappa shape index (κ2) is 6.28. The molecule has 3 aromatic rings. The number of carbonyl (C=O) groups is 1. The van der Waals surface area contributed by atoms with Crippen molar-refractivity contribution in [2.75, 3.05) is 0 Å². The molecule has 1 aromatic carbocycles. The third-order valence-electron chi connectivity index (χ3n) is 2.90. The van der Waals surface area contributed by atoms with E-state index in [9.17, 15) is 4.79 Å². The summed E-state index contributed by atoms with van der Waals surface area (Å²) in [6.45, 7) is 0.414. The Balaban J connectivity index is 1.64. The minimum Gasteiger partial charge on any atom is -0.346 e. The van der Waals surface area contributed by atoms with Crippen LogP contribution in [0.5, 0.6) is 0 Å². The zero-order chi connectivity index (χ0) is 14.5. The molecule has 0 saturated heterocycles. The molecule has 0 fully saturated rings. The summed E-state index contributed by atoms with van der Waals surface area (Å²) in [5, 5.41) is 5.67. The van der Waals surface area contributed by atoms with Crippen LogP contribution < -0.4 is 5.32 Å². The average molecular weight is 295 g/mol. The summed E-state index contributed by atoms with van der Waals surface area (Å²) < 4.78 is 0. The first kappa shape index (κ1) is 13.5. The van der Waals surface area contributed by atoms with Crippen LogP contribution in [0.1, 0.15) is 16.1 Å². The fraction of sp³-hybridized carbons (Fsp3) is 0.0625. The van der Waals surface area contributed by atoms with Gasteiger partial charge in [-0.15, -0.1) is 11.3 Å². The van der Waals surface area contributed by atoms with E-state index in [1.807, 2.05) is 41.8 Å². The minimum atomic E-state index is -0.0945. The molecule has 0 aliphatic heterocycles. The Labute approximate surface area is 126 Å². The number of hydrogen-bond donors (Lipinski definition) is 1. The Morgan fingerprint density at radius 1 is 1.10 bits per heavy atom. The number of pyridine rings is 1. The van der Waals surface area contributed by atoms with Crippen molar-refractivity contribution in [3.8, 4) is 10.7 Å². The number of benzene rings is 1. The molecule has 0 aliphatic carbocycles. The predicted molar refractivity (Wildman–Crippen MR) is 83.0 cm³/mol. The summed E-state index contributed by atoms with van der Waals surface area (Å²) in [7, 11) is 0. The number of hydrogen-bond acceptors (Lipinski definition) is 4. The first-order chi connectivity index (χ1) is 10.3. The molecule has 1 amide bonds. The quantitative estimate of drug-likeness (QED) is 0.804. The van der Waals surface area contributed by atoms with Crippen molar-refractivity contribution in [3.05, 3.63) is 71.4 Å². The lowest BCUT2D eigenvalue weighted by molar-refractivity contribution is 0.0950. The molecule has 0 unspecified atom stereocenters. The summed E-state index contributed by atoms with van der Waals surface area (Å²) in [6.07, 6.45) is 1.74. The van der Waals surface area contributed by atoms with E-state index in [4.69, 9.17) is 0 Å². The molecule has 2 aromatic heterocycles. The van der Waals surface area contributed by atoms with Gasteiger partial charge >= 0.3 is 0 Å². The molecule has 0 bridgehead atoms. The highest BCUT2D eigenvalue weighted by Crippen LogP contribution is 2.21. The van der Waals surface area contributed by atoms with Gasteiger partial charge in [0.1, 0.15) is 5.01 Å². The molecule has 104 valence electrons. The summed E-state index contributed by atoms with van der Waals surface area (Å²) >= 11 is 1.53. The van der Waals surface area contributed by atoms with Gasteiger partial charge in [0.15, 0.2) is 0 Å². The number of carbonyl (C=O) groups excluding carboxylic acids is 1. The lowest BCUT2D eigenvalue weighted by Crippen LogP contribution is -2.22. The second-order valence-corrected chi connectivity index (χ2v) is 5.27. The van der Waals surface area contributed by atoms with E-state index in [1.54, 1.807) is 18.3 Å². The molecule has 0 radical (unpaired) electrons. The van der Waals surface area contributed by atoms with E-state index < -0.39 is 0 Å². The number of nitrogens with zero attached hydrogens (tertiary/aromatic N) is 2. The average Bonchev–Trinajstić information content (AvgIpc) is 3.03. The Hall–Kier alpha value is -2.53. The maximum absolute atomic E-state index is 11.9. The van der Waals surface area contributed by atoms with Crippen molar-refractivity contribution < 1.29 is 4.79 Å². The second-order valence-electron chi connectivity index (χ2n) is 4.41. The SMILES string of the molecule is O=C(NCc1csc(-c2ccccn2)n1)c1ccccc1. The van der Waals surface area contributed by atoms with Crippen molar-refractivity contribution in [2.45, 2.75) is 6.54 Å². The van der Waals surface area contributed by atoms with Gasteiger partial charge in [0.2, 0.25) is 0 Å². The summed E-state index contributed by atoms with van der Waals surface area (Å²) in [4.78, 5) is 20.7. The summed E-state index contributed by atoms with van der Waals surface area (Å²) in [5.74, 6) is -0.0945. The van der Waals surface area contributed by atoms with Crippen molar-refractivity contribution in [1.29, 1.82) is 0 Å². The lowest BCUT2D eigenvalue weighted by Gasteiger charge is -2.02. The highest BCUT2D eigenvalue weighted by Gasteiger charge is 2.08. The molecule has 4 nitrogen and oxygen atoms in total. The fourth-order valence-corrected chi connectivity index (χ4v) is 2.65. The van der Waals surface area contributed by atoms with Crippen LogP contribution in [0, 0.1) is 0 Å². The molecule has 1 N–H and O–H groups in total. The van der Waals surface area contributed by atoms with Crippen LogP contribution in [0.3, 0.4) is 0 Å². The van der Waals surface area contributed by atoms with E-state index >= 15 is 0 Å². The van der Waals surface area contributed by atoms with Gasteiger partial charge in [-0.2, -0.15) is 0 Å². The van der Waals surface area contributed by atoms with Gasteiger partial charge in [-0.3, -0.25) is 9.78 Å². The molecule has 0 aliphatic rings. The van der Waals surface area contributed by atoms with Gasteiger partial charge in [-0.25, -0.2) is 4.98 Å². The van der Waals surface area contributed by atoms with Crippen LogP contribution in [-0.2, 0) is 6.54 Å². The smallest absolute Gasteiger partial charge is 0.251 e. The van der Waals surface area contributed by atoms with Crippen molar-refractivity contribution >= 4 is 17.2 Å². The molecular weight excluding hydrogens is 282 g/mol. The topological polar surface area (TPSA) is 54.9 Å². The molecule has 0 atom stereocenters. The molecule has 3 rings (SSSR count). The van der Waals surface area contributed by atoms with Crippen molar-refractivity contribution in [3.63, 3.8) is 0 Å². The first-order valence-corrected chi connectivity index (χ1v) is 7.40. The number of amides is 1. The van der Waals surface area contributed by atoms with Gasteiger partial charge in [0.05, 0.1) is 17.9 Å². The number of thiazole rings is 1. The Morgan fingerprint density at radius 3 is 2.67 bits per heavy atom. The van der Waals surface area contributed by atoms with E-state index in [1.165, 1.54) is 11.3 Å². The normalized spacial score (nSPS) is 10.3.